The lowest BCUT2D eigenvalue weighted by molar-refractivity contribution is 0.489. The van der Waals surface area contributed by atoms with Crippen LogP contribution in [0.2, 0.25) is 5.02 Å². The van der Waals surface area contributed by atoms with Crippen molar-refractivity contribution in [3.63, 3.8) is 0 Å². The standard InChI is InChI=1S/C7H8ClNO3S/c1-5-6(8)3-2-4-7(5)9-13(10,11)12/h2-4,9H,1H3,(H,10,11,12). The van der Waals surface area contributed by atoms with Crippen LogP contribution in [0.25, 0.3) is 0 Å². The Kier molecular flexibility index (Phi) is 2.80. The lowest BCUT2D eigenvalue weighted by Crippen LogP contribution is -2.11. The highest BCUT2D eigenvalue weighted by molar-refractivity contribution is 7.87. The van der Waals surface area contributed by atoms with Gasteiger partial charge in [-0.3, -0.25) is 9.27 Å². The fraction of sp³-hybridized carbons (Fsp3) is 0.143. The molecule has 0 amide bonds. The first-order chi connectivity index (χ1) is 5.90. The largest absolute Gasteiger partial charge is 0.357 e. The Bertz CT molecular complexity index is 416. The van der Waals surface area contributed by atoms with Gasteiger partial charge in [0.1, 0.15) is 0 Å². The Morgan fingerprint density at radius 2 is 2.08 bits per heavy atom. The van der Waals surface area contributed by atoms with Gasteiger partial charge in [0.05, 0.1) is 5.69 Å². The van der Waals surface area contributed by atoms with Gasteiger partial charge in [-0.25, -0.2) is 0 Å². The number of rotatable bonds is 2. The summed E-state index contributed by atoms with van der Waals surface area (Å²) in [6.45, 7) is 1.65. The second kappa shape index (κ2) is 3.53. The molecular formula is C7H8ClNO3S. The van der Waals surface area contributed by atoms with E-state index in [-0.39, 0.29) is 5.69 Å². The molecule has 0 radical (unpaired) electrons. The van der Waals surface area contributed by atoms with Crippen LogP contribution in [-0.2, 0) is 10.3 Å². The fourth-order valence-corrected chi connectivity index (χ4v) is 1.53. The third kappa shape index (κ3) is 2.87. The van der Waals surface area contributed by atoms with Gasteiger partial charge in [0.25, 0.3) is 0 Å². The second-order valence-electron chi connectivity index (χ2n) is 2.49. The summed E-state index contributed by atoms with van der Waals surface area (Å²) < 4.78 is 31.4. The van der Waals surface area contributed by atoms with Crippen LogP contribution >= 0.6 is 11.6 Å². The molecule has 0 spiro atoms. The van der Waals surface area contributed by atoms with E-state index in [1.54, 1.807) is 19.1 Å². The number of nitrogens with one attached hydrogen (secondary N) is 1. The van der Waals surface area contributed by atoms with Crippen LogP contribution in [0.5, 0.6) is 0 Å². The predicted octanol–water partition coefficient (Wildman–Crippen LogP) is 1.86. The molecule has 0 fully saturated rings. The van der Waals surface area contributed by atoms with Crippen molar-refractivity contribution in [2.45, 2.75) is 6.92 Å². The molecular weight excluding hydrogens is 214 g/mol. The number of hydrogen-bond donors (Lipinski definition) is 2. The molecule has 1 rings (SSSR count). The Labute approximate surface area is 81.4 Å². The van der Waals surface area contributed by atoms with Crippen molar-refractivity contribution in [1.29, 1.82) is 0 Å². The van der Waals surface area contributed by atoms with Crippen LogP contribution < -0.4 is 4.72 Å². The molecule has 2 N–H and O–H groups in total. The first-order valence-corrected chi connectivity index (χ1v) is 5.22. The number of benzene rings is 1. The van der Waals surface area contributed by atoms with Crippen LogP contribution in [0.4, 0.5) is 5.69 Å². The fourth-order valence-electron chi connectivity index (χ4n) is 0.857. The minimum absolute atomic E-state index is 0.273. The highest BCUT2D eigenvalue weighted by Crippen LogP contribution is 2.23. The minimum Gasteiger partial charge on any atom is -0.269 e. The maximum Gasteiger partial charge on any atom is 0.357 e. The lowest BCUT2D eigenvalue weighted by atomic mass is 10.2. The second-order valence-corrected chi connectivity index (χ2v) is 4.05. The van der Waals surface area contributed by atoms with E-state index in [0.29, 0.717) is 10.6 Å². The summed E-state index contributed by atoms with van der Waals surface area (Å²) in [7, 11) is -4.23. The number of anilines is 1. The van der Waals surface area contributed by atoms with Crippen molar-refractivity contribution in [3.8, 4) is 0 Å². The van der Waals surface area contributed by atoms with Crippen molar-refractivity contribution < 1.29 is 13.0 Å². The van der Waals surface area contributed by atoms with Gasteiger partial charge in [0, 0.05) is 5.02 Å². The highest BCUT2D eigenvalue weighted by atomic mass is 35.5. The van der Waals surface area contributed by atoms with E-state index in [4.69, 9.17) is 16.2 Å². The molecule has 0 aromatic heterocycles. The zero-order valence-corrected chi connectivity index (χ0v) is 8.35. The molecule has 6 heteroatoms. The zero-order chi connectivity index (χ0) is 10.1. The predicted molar refractivity (Wildman–Crippen MR) is 51.4 cm³/mol. The normalized spacial score (nSPS) is 11.3. The molecule has 0 saturated heterocycles. The monoisotopic (exact) mass is 221 g/mol. The summed E-state index contributed by atoms with van der Waals surface area (Å²) in [6.07, 6.45) is 0. The Morgan fingerprint density at radius 1 is 1.46 bits per heavy atom. The van der Waals surface area contributed by atoms with Crippen LogP contribution in [0.15, 0.2) is 18.2 Å². The average Bonchev–Trinajstić information content (AvgIpc) is 1.96. The highest BCUT2D eigenvalue weighted by Gasteiger charge is 2.07. The summed E-state index contributed by atoms with van der Waals surface area (Å²) in [6, 6.07) is 4.73. The van der Waals surface area contributed by atoms with Gasteiger partial charge in [0.2, 0.25) is 0 Å². The minimum atomic E-state index is -4.23. The van der Waals surface area contributed by atoms with Gasteiger partial charge in [-0.15, -0.1) is 0 Å². The molecule has 0 bridgehead atoms. The summed E-state index contributed by atoms with van der Waals surface area (Å²) >= 11 is 5.73. The van der Waals surface area contributed by atoms with Gasteiger partial charge in [0.15, 0.2) is 0 Å². The van der Waals surface area contributed by atoms with Crippen molar-refractivity contribution in [3.05, 3.63) is 28.8 Å². The summed E-state index contributed by atoms with van der Waals surface area (Å²) in [5.41, 5.74) is 0.844. The van der Waals surface area contributed by atoms with Crippen molar-refractivity contribution in [1.82, 2.24) is 0 Å². The van der Waals surface area contributed by atoms with Gasteiger partial charge in [-0.2, -0.15) is 8.42 Å². The molecule has 13 heavy (non-hydrogen) atoms. The Hall–Kier alpha value is -0.780. The topological polar surface area (TPSA) is 66.4 Å². The zero-order valence-electron chi connectivity index (χ0n) is 6.78. The third-order valence-electron chi connectivity index (χ3n) is 1.51. The van der Waals surface area contributed by atoms with E-state index in [1.165, 1.54) is 6.07 Å². The Balaban J connectivity index is 3.10. The molecule has 0 saturated carbocycles. The summed E-state index contributed by atoms with van der Waals surface area (Å²) in [5, 5.41) is 0.439. The molecule has 0 aliphatic rings. The van der Waals surface area contributed by atoms with E-state index >= 15 is 0 Å². The van der Waals surface area contributed by atoms with Crippen LogP contribution in [0.1, 0.15) is 5.56 Å². The van der Waals surface area contributed by atoms with E-state index in [9.17, 15) is 8.42 Å². The molecule has 72 valence electrons. The van der Waals surface area contributed by atoms with Crippen LogP contribution in [-0.4, -0.2) is 13.0 Å². The third-order valence-corrected chi connectivity index (χ3v) is 2.39. The number of halogens is 1. The molecule has 0 aliphatic heterocycles. The van der Waals surface area contributed by atoms with E-state index < -0.39 is 10.3 Å². The Morgan fingerprint density at radius 3 is 2.62 bits per heavy atom. The van der Waals surface area contributed by atoms with E-state index in [1.807, 2.05) is 4.72 Å². The number of hydrogen-bond acceptors (Lipinski definition) is 2. The van der Waals surface area contributed by atoms with Gasteiger partial charge in [-0.1, -0.05) is 17.7 Å². The average molecular weight is 222 g/mol. The van der Waals surface area contributed by atoms with Crippen LogP contribution in [0.3, 0.4) is 0 Å². The van der Waals surface area contributed by atoms with Crippen molar-refractivity contribution in [2.75, 3.05) is 4.72 Å². The lowest BCUT2D eigenvalue weighted by Gasteiger charge is -2.06. The van der Waals surface area contributed by atoms with Crippen molar-refractivity contribution in [2.24, 2.45) is 0 Å². The smallest absolute Gasteiger partial charge is 0.269 e. The van der Waals surface area contributed by atoms with E-state index in [2.05, 4.69) is 0 Å². The first kappa shape index (κ1) is 10.3. The molecule has 4 nitrogen and oxygen atoms in total. The quantitative estimate of drug-likeness (QED) is 0.750. The molecule has 0 aliphatic carbocycles. The first-order valence-electron chi connectivity index (χ1n) is 3.40. The maximum atomic E-state index is 10.5. The molecule has 1 aromatic carbocycles. The SMILES string of the molecule is Cc1c(Cl)cccc1NS(=O)(=O)O. The molecule has 0 heterocycles. The van der Waals surface area contributed by atoms with Crippen molar-refractivity contribution >= 4 is 27.6 Å². The molecule has 0 atom stereocenters. The summed E-state index contributed by atoms with van der Waals surface area (Å²) in [5.74, 6) is 0. The molecule has 0 unspecified atom stereocenters. The van der Waals surface area contributed by atoms with Gasteiger partial charge in [-0.05, 0) is 24.6 Å². The van der Waals surface area contributed by atoms with E-state index in [0.717, 1.165) is 0 Å². The molecule has 1 aromatic rings. The maximum absolute atomic E-state index is 10.5. The van der Waals surface area contributed by atoms with Gasteiger partial charge < -0.3 is 0 Å². The van der Waals surface area contributed by atoms with Gasteiger partial charge >= 0.3 is 10.3 Å². The summed E-state index contributed by atoms with van der Waals surface area (Å²) in [4.78, 5) is 0. The van der Waals surface area contributed by atoms with Crippen LogP contribution in [0, 0.1) is 6.92 Å².